The molecular formula is C16H13BrClN3OS. The van der Waals surface area contributed by atoms with E-state index >= 15 is 0 Å². The maximum atomic E-state index is 6.31. The second kappa shape index (κ2) is 6.36. The Bertz CT molecular complexity index is 843. The highest BCUT2D eigenvalue weighted by Gasteiger charge is 2.25. The quantitative estimate of drug-likeness (QED) is 0.614. The van der Waals surface area contributed by atoms with Gasteiger partial charge in [-0.05, 0) is 24.3 Å². The lowest BCUT2D eigenvalue weighted by molar-refractivity contribution is 0.0394. The zero-order valence-corrected chi connectivity index (χ0v) is 15.2. The molecule has 1 aliphatic heterocycles. The summed E-state index contributed by atoms with van der Waals surface area (Å²) in [5.41, 5.74) is 0.816. The molecule has 0 unspecified atom stereocenters. The third-order valence-electron chi connectivity index (χ3n) is 3.86. The van der Waals surface area contributed by atoms with Crippen LogP contribution in [0.1, 0.15) is 11.1 Å². The SMILES string of the molecule is Clc1ccc(Br)c2ccc(N3CCO[C@@H](c4nccs4)C3)nc12. The van der Waals surface area contributed by atoms with Gasteiger partial charge in [-0.15, -0.1) is 11.3 Å². The number of hydrogen-bond donors (Lipinski definition) is 0. The summed E-state index contributed by atoms with van der Waals surface area (Å²) in [5.74, 6) is 0.919. The van der Waals surface area contributed by atoms with E-state index in [-0.39, 0.29) is 6.10 Å². The Kier molecular flexibility index (Phi) is 4.24. The highest BCUT2D eigenvalue weighted by atomic mass is 79.9. The van der Waals surface area contributed by atoms with Crippen LogP contribution in [0.25, 0.3) is 10.9 Å². The molecule has 1 aromatic carbocycles. The Balaban J connectivity index is 1.67. The van der Waals surface area contributed by atoms with Crippen LogP contribution in [0, 0.1) is 0 Å². The van der Waals surface area contributed by atoms with Gasteiger partial charge in [-0.1, -0.05) is 27.5 Å². The predicted octanol–water partition coefficient (Wildman–Crippen LogP) is 4.69. The Labute approximate surface area is 151 Å². The summed E-state index contributed by atoms with van der Waals surface area (Å²) >= 11 is 11.5. The fraction of sp³-hybridized carbons (Fsp3) is 0.250. The molecular weight excluding hydrogens is 398 g/mol. The molecule has 0 bridgehead atoms. The van der Waals surface area contributed by atoms with E-state index < -0.39 is 0 Å². The third-order valence-corrected chi connectivity index (χ3v) is 5.72. The summed E-state index contributed by atoms with van der Waals surface area (Å²) < 4.78 is 6.85. The van der Waals surface area contributed by atoms with Crippen molar-refractivity contribution in [3.8, 4) is 0 Å². The molecule has 1 atom stereocenters. The van der Waals surface area contributed by atoms with Gasteiger partial charge in [0.05, 0.1) is 23.7 Å². The number of ether oxygens (including phenoxy) is 1. The van der Waals surface area contributed by atoms with Crippen molar-refractivity contribution in [3.63, 3.8) is 0 Å². The molecule has 118 valence electrons. The minimum absolute atomic E-state index is 0.000714. The molecule has 0 radical (unpaired) electrons. The van der Waals surface area contributed by atoms with Crippen molar-refractivity contribution in [3.05, 3.63) is 50.3 Å². The molecule has 1 saturated heterocycles. The van der Waals surface area contributed by atoms with Crippen LogP contribution in [0.4, 0.5) is 5.82 Å². The van der Waals surface area contributed by atoms with E-state index in [0.29, 0.717) is 11.6 Å². The molecule has 4 nitrogen and oxygen atoms in total. The summed E-state index contributed by atoms with van der Waals surface area (Å²) in [5, 5.41) is 4.67. The fourth-order valence-electron chi connectivity index (χ4n) is 2.72. The van der Waals surface area contributed by atoms with Gasteiger partial charge >= 0.3 is 0 Å². The lowest BCUT2D eigenvalue weighted by atomic mass is 10.2. The molecule has 7 heteroatoms. The van der Waals surface area contributed by atoms with E-state index in [1.165, 1.54) is 0 Å². The van der Waals surface area contributed by atoms with Gasteiger partial charge in [0, 0.05) is 28.0 Å². The van der Waals surface area contributed by atoms with Crippen LogP contribution < -0.4 is 4.90 Å². The highest BCUT2D eigenvalue weighted by molar-refractivity contribution is 9.10. The number of morpholine rings is 1. The molecule has 1 aliphatic rings. The largest absolute Gasteiger partial charge is 0.367 e. The van der Waals surface area contributed by atoms with Gasteiger partial charge in [-0.2, -0.15) is 0 Å². The highest BCUT2D eigenvalue weighted by Crippen LogP contribution is 2.32. The average Bonchev–Trinajstić information content (AvgIpc) is 3.13. The van der Waals surface area contributed by atoms with E-state index in [0.717, 1.165) is 39.3 Å². The Hall–Kier alpha value is -1.21. The number of fused-ring (bicyclic) bond motifs is 1. The number of anilines is 1. The first-order valence-electron chi connectivity index (χ1n) is 7.23. The maximum absolute atomic E-state index is 6.31. The zero-order valence-electron chi connectivity index (χ0n) is 12.1. The van der Waals surface area contributed by atoms with E-state index in [1.54, 1.807) is 11.3 Å². The van der Waals surface area contributed by atoms with E-state index in [9.17, 15) is 0 Å². The van der Waals surface area contributed by atoms with Crippen LogP contribution in [-0.2, 0) is 4.74 Å². The lowest BCUT2D eigenvalue weighted by Crippen LogP contribution is -2.38. The summed E-state index contributed by atoms with van der Waals surface area (Å²) in [4.78, 5) is 11.4. The Morgan fingerprint density at radius 3 is 3.04 bits per heavy atom. The number of rotatable bonds is 2. The first-order chi connectivity index (χ1) is 11.2. The van der Waals surface area contributed by atoms with Crippen molar-refractivity contribution >= 4 is 55.6 Å². The maximum Gasteiger partial charge on any atom is 0.129 e. The van der Waals surface area contributed by atoms with Crippen LogP contribution in [0.15, 0.2) is 40.3 Å². The third kappa shape index (κ3) is 2.96. The first kappa shape index (κ1) is 15.3. The molecule has 0 saturated carbocycles. The van der Waals surface area contributed by atoms with Crippen molar-refractivity contribution in [2.75, 3.05) is 24.6 Å². The van der Waals surface area contributed by atoms with Crippen LogP contribution in [-0.4, -0.2) is 29.7 Å². The number of thiazole rings is 1. The minimum Gasteiger partial charge on any atom is -0.367 e. The number of aromatic nitrogens is 2. The molecule has 0 aliphatic carbocycles. The number of benzene rings is 1. The molecule has 3 aromatic rings. The molecule has 4 rings (SSSR count). The fourth-order valence-corrected chi connectivity index (χ4v) is 4.05. The molecule has 0 amide bonds. The van der Waals surface area contributed by atoms with Gasteiger partial charge < -0.3 is 9.64 Å². The standard InChI is InChI=1S/C16H13BrClN3OS/c17-11-2-3-12(18)15-10(11)1-4-14(20-15)21-6-7-22-13(9-21)16-19-5-8-23-16/h1-5,8,13H,6-7,9H2/t13-/m1/s1. The van der Waals surface area contributed by atoms with Gasteiger partial charge in [-0.3, -0.25) is 0 Å². The summed E-state index contributed by atoms with van der Waals surface area (Å²) in [6, 6.07) is 7.90. The monoisotopic (exact) mass is 409 g/mol. The van der Waals surface area contributed by atoms with E-state index in [2.05, 4.69) is 31.9 Å². The van der Waals surface area contributed by atoms with Gasteiger partial charge in [0.15, 0.2) is 0 Å². The van der Waals surface area contributed by atoms with Crippen LogP contribution in [0.2, 0.25) is 5.02 Å². The van der Waals surface area contributed by atoms with Gasteiger partial charge in [0.1, 0.15) is 16.9 Å². The van der Waals surface area contributed by atoms with Crippen LogP contribution >= 0.6 is 38.9 Å². The predicted molar refractivity (Wildman–Crippen MR) is 97.5 cm³/mol. The smallest absolute Gasteiger partial charge is 0.129 e. The lowest BCUT2D eigenvalue weighted by Gasteiger charge is -2.33. The Morgan fingerprint density at radius 2 is 2.22 bits per heavy atom. The number of pyridine rings is 1. The van der Waals surface area contributed by atoms with Crippen molar-refractivity contribution in [2.45, 2.75) is 6.10 Å². The minimum atomic E-state index is -0.000714. The van der Waals surface area contributed by atoms with E-state index in [1.807, 2.05) is 29.8 Å². The average molecular weight is 411 g/mol. The molecule has 1 fully saturated rings. The zero-order chi connectivity index (χ0) is 15.8. The summed E-state index contributed by atoms with van der Waals surface area (Å²) in [7, 11) is 0. The molecule has 2 aromatic heterocycles. The van der Waals surface area contributed by atoms with Crippen molar-refractivity contribution < 1.29 is 4.74 Å². The Morgan fingerprint density at radius 1 is 1.30 bits per heavy atom. The molecule has 23 heavy (non-hydrogen) atoms. The van der Waals surface area contributed by atoms with Crippen LogP contribution in [0.3, 0.4) is 0 Å². The summed E-state index contributed by atoms with van der Waals surface area (Å²) in [6.45, 7) is 2.22. The number of hydrogen-bond acceptors (Lipinski definition) is 5. The summed E-state index contributed by atoms with van der Waals surface area (Å²) in [6.07, 6.45) is 1.81. The van der Waals surface area contributed by atoms with Crippen molar-refractivity contribution in [2.24, 2.45) is 0 Å². The second-order valence-electron chi connectivity index (χ2n) is 5.27. The first-order valence-corrected chi connectivity index (χ1v) is 9.28. The van der Waals surface area contributed by atoms with Gasteiger partial charge in [0.2, 0.25) is 0 Å². The number of nitrogens with zero attached hydrogens (tertiary/aromatic N) is 3. The molecule has 3 heterocycles. The van der Waals surface area contributed by atoms with Crippen molar-refractivity contribution in [1.82, 2.24) is 9.97 Å². The normalized spacial score (nSPS) is 18.5. The van der Waals surface area contributed by atoms with Crippen LogP contribution in [0.5, 0.6) is 0 Å². The van der Waals surface area contributed by atoms with Crippen molar-refractivity contribution in [1.29, 1.82) is 0 Å². The van der Waals surface area contributed by atoms with Gasteiger partial charge in [-0.25, -0.2) is 9.97 Å². The second-order valence-corrected chi connectivity index (χ2v) is 7.46. The van der Waals surface area contributed by atoms with Gasteiger partial charge in [0.25, 0.3) is 0 Å². The number of halogens is 2. The topological polar surface area (TPSA) is 38.2 Å². The molecule has 0 spiro atoms. The van der Waals surface area contributed by atoms with E-state index in [4.69, 9.17) is 21.3 Å². The molecule has 0 N–H and O–H groups in total.